The topological polar surface area (TPSA) is 62.3 Å². The normalized spacial score (nSPS) is 17.8. The van der Waals surface area contributed by atoms with E-state index in [9.17, 15) is 9.59 Å². The Morgan fingerprint density at radius 1 is 1.38 bits per heavy atom. The number of likely N-dealkylation sites (tertiary alicyclic amines) is 1. The van der Waals surface area contributed by atoms with Crippen LogP contribution in [-0.4, -0.2) is 34.8 Å². The Kier molecular flexibility index (Phi) is 5.72. The van der Waals surface area contributed by atoms with E-state index in [0.29, 0.717) is 13.0 Å². The van der Waals surface area contributed by atoms with Gasteiger partial charge in [-0.2, -0.15) is 0 Å². The van der Waals surface area contributed by atoms with E-state index in [-0.39, 0.29) is 24.4 Å². The number of hydrogen-bond acceptors (Lipinski definition) is 3. The Morgan fingerprint density at radius 3 is 2.95 bits per heavy atom. The van der Waals surface area contributed by atoms with Crippen molar-refractivity contribution >= 4 is 11.8 Å². The SMILES string of the molecule is C[C@H](NC(=O)CN1CCCCCCC1=O)c1cccnc1. The molecule has 1 aromatic rings. The van der Waals surface area contributed by atoms with Crippen molar-refractivity contribution in [3.63, 3.8) is 0 Å². The average molecular weight is 289 g/mol. The summed E-state index contributed by atoms with van der Waals surface area (Å²) in [6, 6.07) is 3.68. The lowest BCUT2D eigenvalue weighted by Crippen LogP contribution is -2.42. The molecular formula is C16H23N3O2. The number of pyridine rings is 1. The minimum Gasteiger partial charge on any atom is -0.348 e. The number of nitrogens with one attached hydrogen (secondary N) is 1. The molecule has 1 aliphatic rings. The first-order valence-corrected chi connectivity index (χ1v) is 7.64. The highest BCUT2D eigenvalue weighted by Crippen LogP contribution is 2.12. The van der Waals surface area contributed by atoms with E-state index in [1.54, 1.807) is 17.3 Å². The minimum atomic E-state index is -0.111. The van der Waals surface area contributed by atoms with Gasteiger partial charge in [0.1, 0.15) is 0 Å². The Bertz CT molecular complexity index is 476. The third kappa shape index (κ3) is 4.85. The first-order chi connectivity index (χ1) is 10.2. The largest absolute Gasteiger partial charge is 0.348 e. The Hall–Kier alpha value is -1.91. The molecule has 0 radical (unpaired) electrons. The van der Waals surface area contributed by atoms with Crippen LogP contribution in [0, 0.1) is 0 Å². The summed E-state index contributed by atoms with van der Waals surface area (Å²) in [7, 11) is 0. The summed E-state index contributed by atoms with van der Waals surface area (Å²) in [4.78, 5) is 29.8. The molecule has 0 spiro atoms. The van der Waals surface area contributed by atoms with Gasteiger partial charge in [-0.25, -0.2) is 0 Å². The number of amides is 2. The molecule has 2 amide bonds. The maximum atomic E-state index is 12.1. The summed E-state index contributed by atoms with van der Waals surface area (Å²) in [6.45, 7) is 2.77. The molecule has 0 aliphatic carbocycles. The van der Waals surface area contributed by atoms with Crippen molar-refractivity contribution in [1.82, 2.24) is 15.2 Å². The van der Waals surface area contributed by atoms with Gasteiger partial charge in [0.25, 0.3) is 0 Å². The molecule has 1 saturated heterocycles. The van der Waals surface area contributed by atoms with Crippen molar-refractivity contribution < 1.29 is 9.59 Å². The van der Waals surface area contributed by atoms with Gasteiger partial charge in [0.05, 0.1) is 12.6 Å². The summed E-state index contributed by atoms with van der Waals surface area (Å²) in [5.41, 5.74) is 0.963. The lowest BCUT2D eigenvalue weighted by atomic mass is 10.1. The van der Waals surface area contributed by atoms with Gasteiger partial charge in [0.2, 0.25) is 11.8 Å². The molecule has 2 heterocycles. The predicted octanol–water partition coefficient (Wildman–Crippen LogP) is 2.05. The number of hydrogen-bond donors (Lipinski definition) is 1. The van der Waals surface area contributed by atoms with E-state index in [1.807, 2.05) is 19.1 Å². The predicted molar refractivity (Wildman–Crippen MR) is 80.5 cm³/mol. The second-order valence-electron chi connectivity index (χ2n) is 5.56. The van der Waals surface area contributed by atoms with Crippen LogP contribution in [0.1, 0.15) is 50.6 Å². The number of carbonyl (C=O) groups excluding carboxylic acids is 2. The third-order valence-electron chi connectivity index (χ3n) is 3.82. The van der Waals surface area contributed by atoms with Crippen LogP contribution in [0.3, 0.4) is 0 Å². The second kappa shape index (κ2) is 7.76. The number of aromatic nitrogens is 1. The highest BCUT2D eigenvalue weighted by Gasteiger charge is 2.19. The molecular weight excluding hydrogens is 266 g/mol. The standard InChI is InChI=1S/C16H23N3O2/c1-13(14-7-6-9-17-11-14)18-15(20)12-19-10-5-3-2-4-8-16(19)21/h6-7,9,11,13H,2-5,8,10,12H2,1H3,(H,18,20)/t13-/m0/s1. The molecule has 1 fully saturated rings. The van der Waals surface area contributed by atoms with Gasteiger partial charge in [-0.3, -0.25) is 14.6 Å². The maximum Gasteiger partial charge on any atom is 0.240 e. The van der Waals surface area contributed by atoms with Gasteiger partial charge in [-0.05, 0) is 31.4 Å². The van der Waals surface area contributed by atoms with Crippen LogP contribution in [0.4, 0.5) is 0 Å². The Labute approximate surface area is 125 Å². The summed E-state index contributed by atoms with van der Waals surface area (Å²) in [5, 5.41) is 2.93. The van der Waals surface area contributed by atoms with Gasteiger partial charge >= 0.3 is 0 Å². The molecule has 0 unspecified atom stereocenters. The summed E-state index contributed by atoms with van der Waals surface area (Å²) in [5.74, 6) is -0.0147. The van der Waals surface area contributed by atoms with E-state index in [0.717, 1.165) is 31.2 Å². The molecule has 0 aromatic carbocycles. The van der Waals surface area contributed by atoms with E-state index in [1.165, 1.54) is 0 Å². The maximum absolute atomic E-state index is 12.1. The fraction of sp³-hybridized carbons (Fsp3) is 0.562. The van der Waals surface area contributed by atoms with Crippen LogP contribution in [0.25, 0.3) is 0 Å². The molecule has 5 nitrogen and oxygen atoms in total. The fourth-order valence-electron chi connectivity index (χ4n) is 2.56. The number of rotatable bonds is 4. The quantitative estimate of drug-likeness (QED) is 0.922. The van der Waals surface area contributed by atoms with Crippen LogP contribution in [0.15, 0.2) is 24.5 Å². The van der Waals surface area contributed by atoms with Crippen LogP contribution >= 0.6 is 0 Å². The molecule has 5 heteroatoms. The lowest BCUT2D eigenvalue weighted by molar-refractivity contribution is -0.136. The number of carbonyl (C=O) groups is 2. The van der Waals surface area contributed by atoms with Gasteiger partial charge in [-0.15, -0.1) is 0 Å². The highest BCUT2D eigenvalue weighted by molar-refractivity contribution is 5.85. The van der Waals surface area contributed by atoms with E-state index >= 15 is 0 Å². The Morgan fingerprint density at radius 2 is 2.19 bits per heavy atom. The van der Waals surface area contributed by atoms with Gasteiger partial charge in [0, 0.05) is 25.4 Å². The zero-order valence-corrected chi connectivity index (χ0v) is 12.5. The molecule has 1 atom stereocenters. The fourth-order valence-corrected chi connectivity index (χ4v) is 2.56. The number of nitrogens with zero attached hydrogens (tertiary/aromatic N) is 2. The lowest BCUT2D eigenvalue weighted by Gasteiger charge is -2.25. The van der Waals surface area contributed by atoms with Crippen molar-refractivity contribution in [3.8, 4) is 0 Å². The third-order valence-corrected chi connectivity index (χ3v) is 3.82. The van der Waals surface area contributed by atoms with E-state index < -0.39 is 0 Å². The zero-order valence-electron chi connectivity index (χ0n) is 12.5. The van der Waals surface area contributed by atoms with Gasteiger partial charge in [-0.1, -0.05) is 18.9 Å². The van der Waals surface area contributed by atoms with Crippen LogP contribution in [-0.2, 0) is 9.59 Å². The van der Waals surface area contributed by atoms with Crippen LogP contribution in [0.5, 0.6) is 0 Å². The molecule has 2 rings (SSSR count). The van der Waals surface area contributed by atoms with Gasteiger partial charge < -0.3 is 10.2 Å². The monoisotopic (exact) mass is 289 g/mol. The average Bonchev–Trinajstić information content (AvgIpc) is 2.48. The summed E-state index contributed by atoms with van der Waals surface area (Å²) in [6.07, 6.45) is 8.18. The highest BCUT2D eigenvalue weighted by atomic mass is 16.2. The summed E-state index contributed by atoms with van der Waals surface area (Å²) < 4.78 is 0. The minimum absolute atomic E-state index is 0.0962. The van der Waals surface area contributed by atoms with Crippen molar-refractivity contribution in [3.05, 3.63) is 30.1 Å². The van der Waals surface area contributed by atoms with Crippen LogP contribution < -0.4 is 5.32 Å². The van der Waals surface area contributed by atoms with Gasteiger partial charge in [0.15, 0.2) is 0 Å². The van der Waals surface area contributed by atoms with Crippen molar-refractivity contribution in [1.29, 1.82) is 0 Å². The zero-order chi connectivity index (χ0) is 15.1. The van der Waals surface area contributed by atoms with Crippen molar-refractivity contribution in [2.24, 2.45) is 0 Å². The molecule has 114 valence electrons. The van der Waals surface area contributed by atoms with Crippen LogP contribution in [0.2, 0.25) is 0 Å². The Balaban J connectivity index is 1.86. The van der Waals surface area contributed by atoms with E-state index in [2.05, 4.69) is 10.3 Å². The first kappa shape index (κ1) is 15.5. The molecule has 0 bridgehead atoms. The summed E-state index contributed by atoms with van der Waals surface area (Å²) >= 11 is 0. The smallest absolute Gasteiger partial charge is 0.240 e. The molecule has 21 heavy (non-hydrogen) atoms. The molecule has 1 N–H and O–H groups in total. The van der Waals surface area contributed by atoms with Crippen molar-refractivity contribution in [2.45, 2.75) is 45.1 Å². The molecule has 1 aliphatic heterocycles. The second-order valence-corrected chi connectivity index (χ2v) is 5.56. The molecule has 0 saturated carbocycles. The van der Waals surface area contributed by atoms with Crippen molar-refractivity contribution in [2.75, 3.05) is 13.1 Å². The first-order valence-electron chi connectivity index (χ1n) is 7.64. The molecule has 1 aromatic heterocycles. The van der Waals surface area contributed by atoms with E-state index in [4.69, 9.17) is 0 Å².